The first-order valence-corrected chi connectivity index (χ1v) is 4.19. The second-order valence-electron chi connectivity index (χ2n) is 3.02. The fraction of sp³-hybridized carbons (Fsp3) is 0.182. The summed E-state index contributed by atoms with van der Waals surface area (Å²) in [5.41, 5.74) is 2.57. The summed E-state index contributed by atoms with van der Waals surface area (Å²) in [4.78, 5) is 11.4. The molecule has 1 N–H and O–H groups in total. The fourth-order valence-corrected chi connectivity index (χ4v) is 1.50. The van der Waals surface area contributed by atoms with Gasteiger partial charge >= 0.3 is 0 Å². The van der Waals surface area contributed by atoms with Crippen LogP contribution in [0.1, 0.15) is 21.5 Å². The van der Waals surface area contributed by atoms with Gasteiger partial charge in [0.1, 0.15) is 0 Å². The summed E-state index contributed by atoms with van der Waals surface area (Å²) in [6, 6.07) is 5.57. The SMILES string of the molecule is C#Cc1ccc2c(c1)C(=O)NCC2. The number of amides is 1. The van der Waals surface area contributed by atoms with E-state index in [0.717, 1.165) is 29.7 Å². The summed E-state index contributed by atoms with van der Waals surface area (Å²) in [5, 5.41) is 2.78. The second-order valence-corrected chi connectivity index (χ2v) is 3.02. The Balaban J connectivity index is 2.55. The van der Waals surface area contributed by atoms with Crippen LogP contribution in [-0.2, 0) is 6.42 Å². The number of benzene rings is 1. The first kappa shape index (κ1) is 7.88. The molecule has 0 unspecified atom stereocenters. The van der Waals surface area contributed by atoms with Gasteiger partial charge in [-0.1, -0.05) is 12.0 Å². The van der Waals surface area contributed by atoms with Gasteiger partial charge in [-0.05, 0) is 24.1 Å². The monoisotopic (exact) mass is 171 g/mol. The molecule has 0 aliphatic carbocycles. The molecule has 13 heavy (non-hydrogen) atoms. The maximum Gasteiger partial charge on any atom is 0.251 e. The Labute approximate surface area is 77.0 Å². The third-order valence-electron chi connectivity index (χ3n) is 2.20. The van der Waals surface area contributed by atoms with Crippen molar-refractivity contribution >= 4 is 5.91 Å². The molecule has 1 aromatic carbocycles. The Hall–Kier alpha value is -1.75. The quantitative estimate of drug-likeness (QED) is 0.579. The van der Waals surface area contributed by atoms with E-state index in [1.807, 2.05) is 12.1 Å². The van der Waals surface area contributed by atoms with Gasteiger partial charge in [0.25, 0.3) is 5.91 Å². The van der Waals surface area contributed by atoms with Crippen molar-refractivity contribution in [3.63, 3.8) is 0 Å². The van der Waals surface area contributed by atoms with Crippen LogP contribution in [0.15, 0.2) is 18.2 Å². The molecule has 2 nitrogen and oxygen atoms in total. The number of rotatable bonds is 0. The fourth-order valence-electron chi connectivity index (χ4n) is 1.50. The minimum atomic E-state index is -0.0154. The normalized spacial score (nSPS) is 14.2. The summed E-state index contributed by atoms with van der Waals surface area (Å²) in [7, 11) is 0. The Kier molecular flexibility index (Phi) is 1.79. The van der Waals surface area contributed by atoms with Gasteiger partial charge in [-0.25, -0.2) is 0 Å². The predicted octanol–water partition coefficient (Wildman–Crippen LogP) is 0.954. The van der Waals surface area contributed by atoms with Gasteiger partial charge in [-0.15, -0.1) is 6.42 Å². The maximum absolute atomic E-state index is 11.4. The highest BCUT2D eigenvalue weighted by atomic mass is 16.1. The zero-order chi connectivity index (χ0) is 9.26. The van der Waals surface area contributed by atoms with E-state index in [1.165, 1.54) is 0 Å². The molecule has 1 aromatic rings. The van der Waals surface area contributed by atoms with Crippen LogP contribution in [0, 0.1) is 12.3 Å². The van der Waals surface area contributed by atoms with Crippen LogP contribution in [0.5, 0.6) is 0 Å². The minimum absolute atomic E-state index is 0.0154. The summed E-state index contributed by atoms with van der Waals surface area (Å²) < 4.78 is 0. The maximum atomic E-state index is 11.4. The number of terminal acetylenes is 1. The molecule has 0 fully saturated rings. The van der Waals surface area contributed by atoms with E-state index in [1.54, 1.807) is 6.07 Å². The second kappa shape index (κ2) is 2.95. The lowest BCUT2D eigenvalue weighted by Gasteiger charge is -2.15. The molecule has 1 aliphatic rings. The van der Waals surface area contributed by atoms with Gasteiger partial charge in [-0.2, -0.15) is 0 Å². The van der Waals surface area contributed by atoms with Crippen LogP contribution < -0.4 is 5.32 Å². The molecule has 0 saturated heterocycles. The third-order valence-corrected chi connectivity index (χ3v) is 2.20. The van der Waals surface area contributed by atoms with Gasteiger partial charge in [0.15, 0.2) is 0 Å². The van der Waals surface area contributed by atoms with Crippen molar-refractivity contribution in [2.45, 2.75) is 6.42 Å². The smallest absolute Gasteiger partial charge is 0.251 e. The van der Waals surface area contributed by atoms with Crippen molar-refractivity contribution in [3.05, 3.63) is 34.9 Å². The average molecular weight is 171 g/mol. The molecule has 0 spiro atoms. The Bertz CT molecular complexity index is 401. The topological polar surface area (TPSA) is 29.1 Å². The van der Waals surface area contributed by atoms with Gasteiger partial charge < -0.3 is 5.32 Å². The van der Waals surface area contributed by atoms with Crippen molar-refractivity contribution in [1.82, 2.24) is 5.32 Å². The average Bonchev–Trinajstić information content (AvgIpc) is 2.18. The molecule has 0 aromatic heterocycles. The van der Waals surface area contributed by atoms with E-state index < -0.39 is 0 Å². The van der Waals surface area contributed by atoms with Crippen molar-refractivity contribution in [1.29, 1.82) is 0 Å². The zero-order valence-electron chi connectivity index (χ0n) is 7.13. The summed E-state index contributed by atoms with van der Waals surface area (Å²) in [6.07, 6.45) is 6.14. The minimum Gasteiger partial charge on any atom is -0.352 e. The number of nitrogens with one attached hydrogen (secondary N) is 1. The number of hydrogen-bond donors (Lipinski definition) is 1. The van der Waals surface area contributed by atoms with Gasteiger partial charge in [0.2, 0.25) is 0 Å². The van der Waals surface area contributed by atoms with E-state index in [0.29, 0.717) is 0 Å². The van der Waals surface area contributed by atoms with Crippen molar-refractivity contribution in [2.24, 2.45) is 0 Å². The van der Waals surface area contributed by atoms with Crippen molar-refractivity contribution in [3.8, 4) is 12.3 Å². The van der Waals surface area contributed by atoms with Crippen molar-refractivity contribution < 1.29 is 4.79 Å². The van der Waals surface area contributed by atoms with Crippen LogP contribution in [0.2, 0.25) is 0 Å². The predicted molar refractivity (Wildman–Crippen MR) is 50.4 cm³/mol. The zero-order valence-corrected chi connectivity index (χ0v) is 7.13. The highest BCUT2D eigenvalue weighted by Crippen LogP contribution is 2.15. The number of carbonyl (C=O) groups is 1. The van der Waals surface area contributed by atoms with E-state index in [4.69, 9.17) is 6.42 Å². The number of fused-ring (bicyclic) bond motifs is 1. The molecule has 1 heterocycles. The molecule has 2 rings (SSSR count). The van der Waals surface area contributed by atoms with Crippen LogP contribution in [0.4, 0.5) is 0 Å². The summed E-state index contributed by atoms with van der Waals surface area (Å²) >= 11 is 0. The first-order valence-electron chi connectivity index (χ1n) is 4.19. The Morgan fingerprint density at radius 1 is 1.46 bits per heavy atom. The first-order chi connectivity index (χ1) is 6.31. The molecular formula is C11H9NO. The van der Waals surface area contributed by atoms with Gasteiger partial charge in [0, 0.05) is 17.7 Å². The molecule has 0 bridgehead atoms. The molecule has 1 amide bonds. The summed E-state index contributed by atoms with van der Waals surface area (Å²) in [5.74, 6) is 2.50. The Morgan fingerprint density at radius 2 is 2.31 bits per heavy atom. The number of carbonyl (C=O) groups excluding carboxylic acids is 1. The third kappa shape index (κ3) is 1.29. The van der Waals surface area contributed by atoms with E-state index >= 15 is 0 Å². The summed E-state index contributed by atoms with van der Waals surface area (Å²) in [6.45, 7) is 0.723. The standard InChI is InChI=1S/C11H9NO/c1-2-8-3-4-9-5-6-12-11(13)10(9)7-8/h1,3-4,7H,5-6H2,(H,12,13). The van der Waals surface area contributed by atoms with Gasteiger partial charge in [-0.3, -0.25) is 4.79 Å². The van der Waals surface area contributed by atoms with E-state index in [-0.39, 0.29) is 5.91 Å². The molecule has 0 saturated carbocycles. The molecular weight excluding hydrogens is 162 g/mol. The lowest BCUT2D eigenvalue weighted by molar-refractivity contribution is 0.0946. The largest absolute Gasteiger partial charge is 0.352 e. The van der Waals surface area contributed by atoms with Crippen LogP contribution in [0.3, 0.4) is 0 Å². The highest BCUT2D eigenvalue weighted by molar-refractivity contribution is 5.97. The van der Waals surface area contributed by atoms with Gasteiger partial charge in [0.05, 0.1) is 0 Å². The van der Waals surface area contributed by atoms with Crippen LogP contribution >= 0.6 is 0 Å². The Morgan fingerprint density at radius 3 is 3.08 bits per heavy atom. The lowest BCUT2D eigenvalue weighted by atomic mass is 9.98. The molecule has 64 valence electrons. The van der Waals surface area contributed by atoms with Crippen LogP contribution in [-0.4, -0.2) is 12.5 Å². The van der Waals surface area contributed by atoms with Crippen LogP contribution in [0.25, 0.3) is 0 Å². The molecule has 0 radical (unpaired) electrons. The molecule has 0 atom stereocenters. The highest BCUT2D eigenvalue weighted by Gasteiger charge is 2.15. The molecule has 2 heteroatoms. The molecule has 1 aliphatic heterocycles. The van der Waals surface area contributed by atoms with Crippen molar-refractivity contribution in [2.75, 3.05) is 6.54 Å². The number of hydrogen-bond acceptors (Lipinski definition) is 1. The van der Waals surface area contributed by atoms with E-state index in [9.17, 15) is 4.79 Å². The lowest BCUT2D eigenvalue weighted by Crippen LogP contribution is -2.31. The van der Waals surface area contributed by atoms with E-state index in [2.05, 4.69) is 11.2 Å².